The van der Waals surface area contributed by atoms with Crippen molar-refractivity contribution in [2.75, 3.05) is 13.2 Å². The molecular formula is C23H24ClN3O3. The second-order valence-electron chi connectivity index (χ2n) is 6.60. The quantitative estimate of drug-likeness (QED) is 0.421. The van der Waals surface area contributed by atoms with E-state index in [4.69, 9.17) is 21.1 Å². The summed E-state index contributed by atoms with van der Waals surface area (Å²) in [4.78, 5) is 12.0. The van der Waals surface area contributed by atoms with Gasteiger partial charge in [0.25, 0.3) is 5.91 Å². The number of halogens is 1. The Morgan fingerprint density at radius 2 is 1.87 bits per heavy atom. The van der Waals surface area contributed by atoms with Crippen LogP contribution in [-0.2, 0) is 4.79 Å². The smallest absolute Gasteiger partial charge is 0.277 e. The van der Waals surface area contributed by atoms with Gasteiger partial charge >= 0.3 is 0 Å². The molecule has 1 N–H and O–H groups in total. The Morgan fingerprint density at radius 3 is 2.57 bits per heavy atom. The third-order valence-electron chi connectivity index (χ3n) is 4.46. The van der Waals surface area contributed by atoms with Crippen molar-refractivity contribution in [1.29, 1.82) is 0 Å². The van der Waals surface area contributed by atoms with Gasteiger partial charge in [-0.15, -0.1) is 0 Å². The summed E-state index contributed by atoms with van der Waals surface area (Å²) in [6, 6.07) is 16.9. The number of hydrogen-bond acceptors (Lipinski definition) is 4. The summed E-state index contributed by atoms with van der Waals surface area (Å²) in [5.41, 5.74) is 6.50. The summed E-state index contributed by atoms with van der Waals surface area (Å²) < 4.78 is 13.0. The van der Waals surface area contributed by atoms with E-state index >= 15 is 0 Å². The SMILES string of the molecule is CCOc1ccc(-n2c(C)cc(/C=N\NC(=O)COc3ccccc3Cl)c2C)cc1. The van der Waals surface area contributed by atoms with Crippen LogP contribution in [0.1, 0.15) is 23.9 Å². The minimum absolute atomic E-state index is 0.174. The predicted octanol–water partition coefficient (Wildman–Crippen LogP) is 4.68. The second kappa shape index (κ2) is 9.98. The van der Waals surface area contributed by atoms with Gasteiger partial charge in [-0.3, -0.25) is 4.79 Å². The van der Waals surface area contributed by atoms with Crippen LogP contribution < -0.4 is 14.9 Å². The molecule has 0 saturated heterocycles. The summed E-state index contributed by atoms with van der Waals surface area (Å²) in [5, 5.41) is 4.51. The van der Waals surface area contributed by atoms with Gasteiger partial charge in [-0.2, -0.15) is 5.10 Å². The molecule has 0 spiro atoms. The average Bonchev–Trinajstić information content (AvgIpc) is 3.01. The Labute approximate surface area is 181 Å². The van der Waals surface area contributed by atoms with Crippen molar-refractivity contribution in [2.45, 2.75) is 20.8 Å². The Hall–Kier alpha value is -3.25. The molecule has 6 nitrogen and oxygen atoms in total. The topological polar surface area (TPSA) is 64.8 Å². The number of carbonyl (C=O) groups excluding carboxylic acids is 1. The van der Waals surface area contributed by atoms with Gasteiger partial charge < -0.3 is 14.0 Å². The molecular weight excluding hydrogens is 402 g/mol. The highest BCUT2D eigenvalue weighted by molar-refractivity contribution is 6.32. The molecule has 156 valence electrons. The van der Waals surface area contributed by atoms with E-state index in [0.717, 1.165) is 28.4 Å². The van der Waals surface area contributed by atoms with Crippen LogP contribution in [0.15, 0.2) is 59.7 Å². The number of hydrazone groups is 1. The largest absolute Gasteiger partial charge is 0.494 e. The lowest BCUT2D eigenvalue weighted by molar-refractivity contribution is -0.123. The van der Waals surface area contributed by atoms with E-state index in [1.54, 1.807) is 30.5 Å². The van der Waals surface area contributed by atoms with E-state index in [2.05, 4.69) is 15.1 Å². The number of aryl methyl sites for hydroxylation is 1. The van der Waals surface area contributed by atoms with Gasteiger partial charge in [-0.1, -0.05) is 23.7 Å². The van der Waals surface area contributed by atoms with Crippen molar-refractivity contribution in [3.8, 4) is 17.2 Å². The number of hydrogen-bond donors (Lipinski definition) is 1. The van der Waals surface area contributed by atoms with Crippen molar-refractivity contribution in [3.05, 3.63) is 76.6 Å². The summed E-state index contributed by atoms with van der Waals surface area (Å²) in [6.07, 6.45) is 1.63. The highest BCUT2D eigenvalue weighted by Crippen LogP contribution is 2.23. The number of nitrogens with zero attached hydrogens (tertiary/aromatic N) is 2. The molecule has 1 amide bonds. The van der Waals surface area contributed by atoms with Crippen LogP contribution in [0, 0.1) is 13.8 Å². The van der Waals surface area contributed by atoms with Gasteiger partial charge in [-0.05, 0) is 63.2 Å². The average molecular weight is 426 g/mol. The normalized spacial score (nSPS) is 10.9. The zero-order valence-electron chi connectivity index (χ0n) is 17.2. The molecule has 0 radical (unpaired) electrons. The molecule has 0 aliphatic carbocycles. The van der Waals surface area contributed by atoms with Crippen molar-refractivity contribution in [3.63, 3.8) is 0 Å². The van der Waals surface area contributed by atoms with Crippen LogP contribution >= 0.6 is 11.6 Å². The van der Waals surface area contributed by atoms with Gasteiger partial charge in [0, 0.05) is 22.6 Å². The first kappa shape index (κ1) is 21.5. The van der Waals surface area contributed by atoms with Gasteiger partial charge in [-0.25, -0.2) is 5.43 Å². The number of benzene rings is 2. The van der Waals surface area contributed by atoms with Gasteiger partial charge in [0.15, 0.2) is 6.61 Å². The molecule has 0 unspecified atom stereocenters. The third kappa shape index (κ3) is 5.21. The van der Waals surface area contributed by atoms with Gasteiger partial charge in [0.2, 0.25) is 0 Å². The van der Waals surface area contributed by atoms with Crippen LogP contribution in [0.4, 0.5) is 0 Å². The maximum Gasteiger partial charge on any atom is 0.277 e. The minimum atomic E-state index is -0.369. The van der Waals surface area contributed by atoms with E-state index < -0.39 is 0 Å². The number of aromatic nitrogens is 1. The molecule has 0 bridgehead atoms. The zero-order valence-corrected chi connectivity index (χ0v) is 17.9. The lowest BCUT2D eigenvalue weighted by atomic mass is 10.2. The van der Waals surface area contributed by atoms with Gasteiger partial charge in [0.1, 0.15) is 11.5 Å². The zero-order chi connectivity index (χ0) is 21.5. The van der Waals surface area contributed by atoms with Gasteiger partial charge in [0.05, 0.1) is 17.8 Å². The molecule has 0 saturated carbocycles. The first-order valence-electron chi connectivity index (χ1n) is 9.61. The lowest BCUT2D eigenvalue weighted by Crippen LogP contribution is -2.24. The highest BCUT2D eigenvalue weighted by Gasteiger charge is 2.10. The fourth-order valence-electron chi connectivity index (χ4n) is 3.08. The molecule has 2 aromatic carbocycles. The second-order valence-corrected chi connectivity index (χ2v) is 7.01. The molecule has 3 aromatic rings. The maximum absolute atomic E-state index is 12.0. The molecule has 1 heterocycles. The van der Waals surface area contributed by atoms with Crippen LogP contribution in [0.25, 0.3) is 5.69 Å². The molecule has 0 atom stereocenters. The third-order valence-corrected chi connectivity index (χ3v) is 4.78. The first-order chi connectivity index (χ1) is 14.5. The fourth-order valence-corrected chi connectivity index (χ4v) is 3.28. The van der Waals surface area contributed by atoms with Crippen LogP contribution in [-0.4, -0.2) is 29.9 Å². The molecule has 0 fully saturated rings. The maximum atomic E-state index is 12.0. The number of carbonyl (C=O) groups is 1. The van der Waals surface area contributed by atoms with Crippen molar-refractivity contribution in [2.24, 2.45) is 5.10 Å². The van der Waals surface area contributed by atoms with Crippen LogP contribution in [0.3, 0.4) is 0 Å². The van der Waals surface area contributed by atoms with E-state index in [-0.39, 0.29) is 12.5 Å². The Morgan fingerprint density at radius 1 is 1.13 bits per heavy atom. The van der Waals surface area contributed by atoms with Crippen molar-refractivity contribution in [1.82, 2.24) is 9.99 Å². The Balaban J connectivity index is 1.63. The Bertz CT molecular complexity index is 1040. The molecule has 7 heteroatoms. The summed E-state index contributed by atoms with van der Waals surface area (Å²) in [5.74, 6) is 0.927. The lowest BCUT2D eigenvalue weighted by Gasteiger charge is -2.11. The molecule has 0 aliphatic rings. The van der Waals surface area contributed by atoms with E-state index in [9.17, 15) is 4.79 Å². The number of rotatable bonds is 8. The number of nitrogens with one attached hydrogen (secondary N) is 1. The fraction of sp³-hybridized carbons (Fsp3) is 0.217. The van der Waals surface area contributed by atoms with E-state index in [0.29, 0.717) is 17.4 Å². The highest BCUT2D eigenvalue weighted by atomic mass is 35.5. The number of amides is 1. The molecule has 30 heavy (non-hydrogen) atoms. The van der Waals surface area contributed by atoms with Crippen molar-refractivity contribution >= 4 is 23.7 Å². The monoisotopic (exact) mass is 425 g/mol. The summed E-state index contributed by atoms with van der Waals surface area (Å²) >= 11 is 6.01. The Kier molecular flexibility index (Phi) is 7.14. The van der Waals surface area contributed by atoms with Crippen LogP contribution in [0.2, 0.25) is 5.02 Å². The number of ether oxygens (including phenoxy) is 2. The first-order valence-corrected chi connectivity index (χ1v) is 9.98. The number of para-hydroxylation sites is 1. The molecule has 1 aromatic heterocycles. The summed E-state index contributed by atoms with van der Waals surface area (Å²) in [6.45, 7) is 6.45. The van der Waals surface area contributed by atoms with E-state index in [1.165, 1.54) is 0 Å². The predicted molar refractivity (Wildman–Crippen MR) is 119 cm³/mol. The molecule has 3 rings (SSSR count). The standard InChI is InChI=1S/C23H24ClN3O3/c1-4-29-20-11-9-19(10-12-20)27-16(2)13-18(17(27)3)14-25-26-23(28)15-30-22-8-6-5-7-21(22)24/h5-14H,4,15H2,1-3H3,(H,26,28)/b25-14-. The summed E-state index contributed by atoms with van der Waals surface area (Å²) in [7, 11) is 0. The van der Waals surface area contributed by atoms with Crippen molar-refractivity contribution < 1.29 is 14.3 Å². The minimum Gasteiger partial charge on any atom is -0.494 e. The van der Waals surface area contributed by atoms with Crippen LogP contribution in [0.5, 0.6) is 11.5 Å². The van der Waals surface area contributed by atoms with E-state index in [1.807, 2.05) is 51.1 Å². The molecule has 0 aliphatic heterocycles.